The first kappa shape index (κ1) is 11.1. The van der Waals surface area contributed by atoms with Crippen molar-refractivity contribution in [1.82, 2.24) is 5.32 Å². The molecular weight excluding hydrogens is 240 g/mol. The minimum absolute atomic E-state index is 0.316. The molecule has 17 heavy (non-hydrogen) atoms. The largest absolute Gasteiger partial charge is 0.314 e. The predicted octanol–water partition coefficient (Wildman–Crippen LogP) is 3.47. The van der Waals surface area contributed by atoms with Crippen LogP contribution < -0.4 is 5.32 Å². The topological polar surface area (TPSA) is 12.0 Å². The zero-order chi connectivity index (χ0) is 11.8. The molecule has 90 valence electrons. The summed E-state index contributed by atoms with van der Waals surface area (Å²) in [5.41, 5.74) is 0.912. The summed E-state index contributed by atoms with van der Waals surface area (Å²) >= 11 is 1.29. The van der Waals surface area contributed by atoms with E-state index in [0.29, 0.717) is 16.1 Å². The molecule has 0 bridgehead atoms. The Balaban J connectivity index is 1.85. The third-order valence-electron chi connectivity index (χ3n) is 3.10. The number of hydrogen-bond acceptors (Lipinski definition) is 2. The predicted molar refractivity (Wildman–Crippen MR) is 66.5 cm³/mol. The van der Waals surface area contributed by atoms with E-state index in [4.69, 9.17) is 0 Å². The summed E-state index contributed by atoms with van der Waals surface area (Å²) in [5.74, 6) is -0.642. The molecule has 3 rings (SSSR count). The molecule has 1 N–H and O–H groups in total. The third kappa shape index (κ3) is 2.19. The summed E-state index contributed by atoms with van der Waals surface area (Å²) in [6, 6.07) is 3.06. The van der Waals surface area contributed by atoms with Crippen molar-refractivity contribution in [3.63, 3.8) is 0 Å². The molecule has 0 unspecified atom stereocenters. The number of halogens is 2. The van der Waals surface area contributed by atoms with Crippen LogP contribution in [-0.4, -0.2) is 12.6 Å². The molecule has 2 aromatic rings. The normalized spacial score (nSPS) is 15.6. The van der Waals surface area contributed by atoms with Crippen LogP contribution in [0.4, 0.5) is 8.78 Å². The highest BCUT2D eigenvalue weighted by Crippen LogP contribution is 2.31. The van der Waals surface area contributed by atoms with Gasteiger partial charge in [-0.2, -0.15) is 0 Å². The first-order valence-electron chi connectivity index (χ1n) is 5.83. The molecule has 1 nitrogen and oxygen atoms in total. The van der Waals surface area contributed by atoms with Crippen LogP contribution >= 0.6 is 11.3 Å². The lowest BCUT2D eigenvalue weighted by atomic mass is 10.1. The SMILES string of the molecule is Fc1ccc(F)c2c(CCNC3CC3)csc12. The van der Waals surface area contributed by atoms with Gasteiger partial charge in [0.2, 0.25) is 0 Å². The quantitative estimate of drug-likeness (QED) is 0.879. The van der Waals surface area contributed by atoms with Gasteiger partial charge in [0.05, 0.1) is 4.70 Å². The maximum Gasteiger partial charge on any atom is 0.141 e. The van der Waals surface area contributed by atoms with Crippen LogP contribution in [0.2, 0.25) is 0 Å². The van der Waals surface area contributed by atoms with Crippen LogP contribution in [0.1, 0.15) is 18.4 Å². The van der Waals surface area contributed by atoms with Gasteiger partial charge in [0.25, 0.3) is 0 Å². The molecule has 4 heteroatoms. The number of nitrogens with one attached hydrogen (secondary N) is 1. The Morgan fingerprint density at radius 1 is 1.24 bits per heavy atom. The highest BCUT2D eigenvalue weighted by molar-refractivity contribution is 7.17. The highest BCUT2D eigenvalue weighted by Gasteiger charge is 2.20. The van der Waals surface area contributed by atoms with E-state index in [2.05, 4.69) is 5.32 Å². The second-order valence-corrected chi connectivity index (χ2v) is 5.35. The summed E-state index contributed by atoms with van der Waals surface area (Å²) in [6.45, 7) is 0.840. The molecule has 1 saturated carbocycles. The standard InChI is InChI=1S/C13H13F2NS/c14-10-3-4-11(15)13-12(10)8(7-17-13)5-6-16-9-1-2-9/h3-4,7,9,16H,1-2,5-6H2. The maximum absolute atomic E-state index is 13.7. The molecule has 1 aliphatic carbocycles. The van der Waals surface area contributed by atoms with E-state index in [9.17, 15) is 8.78 Å². The van der Waals surface area contributed by atoms with Gasteiger partial charge >= 0.3 is 0 Å². The Morgan fingerprint density at radius 2 is 2.00 bits per heavy atom. The minimum Gasteiger partial charge on any atom is -0.314 e. The zero-order valence-corrected chi connectivity index (χ0v) is 10.1. The first-order valence-corrected chi connectivity index (χ1v) is 6.71. The van der Waals surface area contributed by atoms with Gasteiger partial charge in [-0.15, -0.1) is 11.3 Å². The first-order chi connectivity index (χ1) is 8.25. The van der Waals surface area contributed by atoms with E-state index in [1.54, 1.807) is 0 Å². The van der Waals surface area contributed by atoms with Crippen molar-refractivity contribution in [2.45, 2.75) is 25.3 Å². The fraction of sp³-hybridized carbons (Fsp3) is 0.385. The van der Waals surface area contributed by atoms with Crippen molar-refractivity contribution >= 4 is 21.4 Å². The summed E-state index contributed by atoms with van der Waals surface area (Å²) in [6.07, 6.45) is 3.25. The van der Waals surface area contributed by atoms with Crippen molar-refractivity contribution in [1.29, 1.82) is 0 Å². The number of fused-ring (bicyclic) bond motifs is 1. The average Bonchev–Trinajstić information content (AvgIpc) is 3.03. The second-order valence-electron chi connectivity index (χ2n) is 4.47. The number of rotatable bonds is 4. The van der Waals surface area contributed by atoms with E-state index < -0.39 is 0 Å². The van der Waals surface area contributed by atoms with Gasteiger partial charge in [0.1, 0.15) is 11.6 Å². The highest BCUT2D eigenvalue weighted by atomic mass is 32.1. The van der Waals surface area contributed by atoms with Crippen LogP contribution in [0, 0.1) is 11.6 Å². The Labute approximate surface area is 102 Å². The Hall–Kier alpha value is -1.00. The molecular formula is C13H13F2NS. The molecule has 0 aliphatic heterocycles. The van der Waals surface area contributed by atoms with Crippen LogP contribution in [-0.2, 0) is 6.42 Å². The van der Waals surface area contributed by atoms with Crippen molar-refractivity contribution < 1.29 is 8.78 Å². The third-order valence-corrected chi connectivity index (χ3v) is 4.14. The van der Waals surface area contributed by atoms with Crippen LogP contribution in [0.15, 0.2) is 17.5 Å². The van der Waals surface area contributed by atoms with E-state index in [0.717, 1.165) is 18.5 Å². The molecule has 1 aliphatic rings. The van der Waals surface area contributed by atoms with E-state index in [1.807, 2.05) is 5.38 Å². The number of hydrogen-bond donors (Lipinski definition) is 1. The summed E-state index contributed by atoms with van der Waals surface area (Å²) < 4.78 is 27.6. The molecule has 0 saturated heterocycles. The second kappa shape index (κ2) is 4.35. The molecule has 0 radical (unpaired) electrons. The lowest BCUT2D eigenvalue weighted by molar-refractivity contribution is 0.617. The summed E-state index contributed by atoms with van der Waals surface area (Å²) in [7, 11) is 0. The van der Waals surface area contributed by atoms with Gasteiger partial charge in [-0.25, -0.2) is 8.78 Å². The van der Waals surface area contributed by atoms with E-state index >= 15 is 0 Å². The molecule has 0 spiro atoms. The van der Waals surface area contributed by atoms with Gasteiger partial charge in [-0.1, -0.05) is 0 Å². The summed E-state index contributed by atoms with van der Waals surface area (Å²) in [5, 5.41) is 5.71. The number of benzene rings is 1. The zero-order valence-electron chi connectivity index (χ0n) is 9.30. The monoisotopic (exact) mass is 253 g/mol. The Bertz CT molecular complexity index is 546. The lowest BCUT2D eigenvalue weighted by Crippen LogP contribution is -2.19. The molecule has 0 amide bonds. The minimum atomic E-state index is -0.326. The van der Waals surface area contributed by atoms with E-state index in [1.165, 1.54) is 36.3 Å². The van der Waals surface area contributed by atoms with E-state index in [-0.39, 0.29) is 11.6 Å². The van der Waals surface area contributed by atoms with Gasteiger partial charge < -0.3 is 5.32 Å². The van der Waals surface area contributed by atoms with Crippen molar-refractivity contribution in [3.8, 4) is 0 Å². The number of thiophene rings is 1. The maximum atomic E-state index is 13.7. The van der Waals surface area contributed by atoms with Crippen LogP contribution in [0.3, 0.4) is 0 Å². The van der Waals surface area contributed by atoms with Crippen molar-refractivity contribution in [3.05, 3.63) is 34.7 Å². The Morgan fingerprint density at radius 3 is 2.76 bits per heavy atom. The molecule has 0 atom stereocenters. The van der Waals surface area contributed by atoms with Gasteiger partial charge in [-0.05, 0) is 48.9 Å². The van der Waals surface area contributed by atoms with Crippen molar-refractivity contribution in [2.24, 2.45) is 0 Å². The molecule has 1 aromatic carbocycles. The molecule has 1 fully saturated rings. The molecule has 1 aromatic heterocycles. The van der Waals surface area contributed by atoms with Crippen molar-refractivity contribution in [2.75, 3.05) is 6.54 Å². The van der Waals surface area contributed by atoms with Gasteiger partial charge in [-0.3, -0.25) is 0 Å². The average molecular weight is 253 g/mol. The van der Waals surface area contributed by atoms with Crippen LogP contribution in [0.5, 0.6) is 0 Å². The summed E-state index contributed by atoms with van der Waals surface area (Å²) in [4.78, 5) is 0. The fourth-order valence-corrected chi connectivity index (χ4v) is 3.04. The molecule has 1 heterocycles. The fourth-order valence-electron chi connectivity index (χ4n) is 2.02. The van der Waals surface area contributed by atoms with Crippen LogP contribution in [0.25, 0.3) is 10.1 Å². The lowest BCUT2D eigenvalue weighted by Gasteiger charge is -2.02. The van der Waals surface area contributed by atoms with Gasteiger partial charge in [0, 0.05) is 11.4 Å². The van der Waals surface area contributed by atoms with Gasteiger partial charge in [0.15, 0.2) is 0 Å². The Kier molecular flexibility index (Phi) is 2.84. The smallest absolute Gasteiger partial charge is 0.141 e.